The fraction of sp³-hybridized carbons (Fsp3) is 0.538. The van der Waals surface area contributed by atoms with E-state index >= 15 is 0 Å². The Labute approximate surface area is 86.5 Å². The quantitative estimate of drug-likeness (QED) is 0.716. The van der Waals surface area contributed by atoms with Crippen LogP contribution in [-0.2, 0) is 6.54 Å². The van der Waals surface area contributed by atoms with E-state index in [2.05, 4.69) is 50.4 Å². The van der Waals surface area contributed by atoms with Gasteiger partial charge in [-0.15, -0.1) is 0 Å². The first-order valence-corrected chi connectivity index (χ1v) is 5.51. The van der Waals surface area contributed by atoms with E-state index in [1.54, 1.807) is 5.56 Å². The van der Waals surface area contributed by atoms with Crippen molar-refractivity contribution in [1.29, 1.82) is 0 Å². The second-order valence-corrected chi connectivity index (χ2v) is 4.64. The monoisotopic (exact) mass is 189 g/mol. The van der Waals surface area contributed by atoms with Gasteiger partial charge in [0.2, 0.25) is 0 Å². The van der Waals surface area contributed by atoms with Crippen molar-refractivity contribution < 1.29 is 0 Å². The van der Waals surface area contributed by atoms with Gasteiger partial charge in [-0.1, -0.05) is 38.1 Å². The van der Waals surface area contributed by atoms with Crippen LogP contribution in [0.1, 0.15) is 37.8 Å². The SMILES string of the molecule is CC(C)C1c2ccccc2CNC1C. The molecule has 1 aliphatic rings. The lowest BCUT2D eigenvalue weighted by Gasteiger charge is -2.35. The van der Waals surface area contributed by atoms with E-state index in [9.17, 15) is 0 Å². The number of hydrogen-bond donors (Lipinski definition) is 1. The lowest BCUT2D eigenvalue weighted by Crippen LogP contribution is -2.39. The van der Waals surface area contributed by atoms with Crippen molar-refractivity contribution in [2.45, 2.75) is 39.3 Å². The molecule has 14 heavy (non-hydrogen) atoms. The Morgan fingerprint density at radius 1 is 1.29 bits per heavy atom. The zero-order valence-electron chi connectivity index (χ0n) is 9.25. The molecule has 1 heterocycles. The van der Waals surface area contributed by atoms with Gasteiger partial charge in [-0.3, -0.25) is 0 Å². The average molecular weight is 189 g/mol. The molecule has 0 aliphatic carbocycles. The first-order chi connectivity index (χ1) is 6.70. The first-order valence-electron chi connectivity index (χ1n) is 5.51. The number of rotatable bonds is 1. The highest BCUT2D eigenvalue weighted by atomic mass is 14.9. The summed E-state index contributed by atoms with van der Waals surface area (Å²) in [7, 11) is 0. The molecule has 0 spiro atoms. The minimum Gasteiger partial charge on any atom is -0.310 e. The number of nitrogens with one attached hydrogen (secondary N) is 1. The van der Waals surface area contributed by atoms with Gasteiger partial charge in [0, 0.05) is 18.5 Å². The van der Waals surface area contributed by atoms with Crippen molar-refractivity contribution in [3.05, 3.63) is 35.4 Å². The average Bonchev–Trinajstić information content (AvgIpc) is 2.17. The van der Waals surface area contributed by atoms with Gasteiger partial charge in [-0.2, -0.15) is 0 Å². The Bertz CT molecular complexity index is 317. The Balaban J connectivity index is 2.41. The van der Waals surface area contributed by atoms with Crippen LogP contribution >= 0.6 is 0 Å². The Morgan fingerprint density at radius 2 is 2.00 bits per heavy atom. The lowest BCUT2D eigenvalue weighted by molar-refractivity contribution is 0.353. The molecule has 1 heteroatoms. The van der Waals surface area contributed by atoms with Crippen LogP contribution < -0.4 is 5.32 Å². The molecule has 0 amide bonds. The van der Waals surface area contributed by atoms with Crippen LogP contribution in [0.25, 0.3) is 0 Å². The van der Waals surface area contributed by atoms with Gasteiger partial charge in [0.25, 0.3) is 0 Å². The molecular weight excluding hydrogens is 170 g/mol. The van der Waals surface area contributed by atoms with E-state index in [0.717, 1.165) is 6.54 Å². The minimum absolute atomic E-state index is 0.602. The minimum atomic E-state index is 0.602. The van der Waals surface area contributed by atoms with Gasteiger partial charge in [-0.25, -0.2) is 0 Å². The highest BCUT2D eigenvalue weighted by molar-refractivity contribution is 5.34. The molecule has 0 saturated heterocycles. The van der Waals surface area contributed by atoms with Crippen molar-refractivity contribution in [3.63, 3.8) is 0 Å². The van der Waals surface area contributed by atoms with E-state index in [0.29, 0.717) is 17.9 Å². The van der Waals surface area contributed by atoms with E-state index in [1.807, 2.05) is 0 Å². The molecule has 0 saturated carbocycles. The summed E-state index contributed by atoms with van der Waals surface area (Å²) < 4.78 is 0. The molecule has 2 unspecified atom stereocenters. The molecule has 1 nitrogen and oxygen atoms in total. The van der Waals surface area contributed by atoms with Gasteiger partial charge >= 0.3 is 0 Å². The Hall–Kier alpha value is -0.820. The summed E-state index contributed by atoms with van der Waals surface area (Å²) in [5.74, 6) is 1.37. The maximum Gasteiger partial charge on any atom is 0.0211 e. The predicted octanol–water partition coefficient (Wildman–Crippen LogP) is 2.92. The molecule has 76 valence electrons. The number of hydrogen-bond acceptors (Lipinski definition) is 1. The third-order valence-electron chi connectivity index (χ3n) is 3.29. The maximum atomic E-state index is 3.57. The highest BCUT2D eigenvalue weighted by Gasteiger charge is 2.27. The topological polar surface area (TPSA) is 12.0 Å². The molecular formula is C13H19N. The van der Waals surface area contributed by atoms with Gasteiger partial charge in [0.15, 0.2) is 0 Å². The van der Waals surface area contributed by atoms with Crippen LogP contribution in [0.15, 0.2) is 24.3 Å². The largest absolute Gasteiger partial charge is 0.310 e. The summed E-state index contributed by atoms with van der Waals surface area (Å²) in [5.41, 5.74) is 3.03. The normalized spacial score (nSPS) is 26.3. The van der Waals surface area contributed by atoms with Crippen LogP contribution in [0, 0.1) is 5.92 Å². The molecule has 0 bridgehead atoms. The van der Waals surface area contributed by atoms with E-state index in [-0.39, 0.29) is 0 Å². The van der Waals surface area contributed by atoms with Gasteiger partial charge in [0.1, 0.15) is 0 Å². The van der Waals surface area contributed by atoms with Crippen molar-refractivity contribution in [3.8, 4) is 0 Å². The molecule has 0 aromatic heterocycles. The summed E-state index contributed by atoms with van der Waals surface area (Å²) >= 11 is 0. The van der Waals surface area contributed by atoms with E-state index in [1.165, 1.54) is 5.56 Å². The second-order valence-electron chi connectivity index (χ2n) is 4.64. The zero-order chi connectivity index (χ0) is 10.1. The second kappa shape index (κ2) is 3.74. The molecule has 1 N–H and O–H groups in total. The molecule has 2 atom stereocenters. The fourth-order valence-corrected chi connectivity index (χ4v) is 2.62. The van der Waals surface area contributed by atoms with Crippen molar-refractivity contribution >= 4 is 0 Å². The van der Waals surface area contributed by atoms with Gasteiger partial charge in [-0.05, 0) is 24.0 Å². The summed E-state index contributed by atoms with van der Waals surface area (Å²) in [4.78, 5) is 0. The molecule has 1 aromatic carbocycles. The van der Waals surface area contributed by atoms with Crippen molar-refractivity contribution in [2.24, 2.45) is 5.92 Å². The summed E-state index contributed by atoms with van der Waals surface area (Å²) in [5, 5.41) is 3.57. The highest BCUT2D eigenvalue weighted by Crippen LogP contribution is 2.33. The van der Waals surface area contributed by atoms with Gasteiger partial charge in [0.05, 0.1) is 0 Å². The van der Waals surface area contributed by atoms with E-state index < -0.39 is 0 Å². The van der Waals surface area contributed by atoms with E-state index in [4.69, 9.17) is 0 Å². The lowest BCUT2D eigenvalue weighted by atomic mass is 9.78. The Morgan fingerprint density at radius 3 is 2.71 bits per heavy atom. The van der Waals surface area contributed by atoms with Crippen LogP contribution in [0.3, 0.4) is 0 Å². The Kier molecular flexibility index (Phi) is 2.60. The third-order valence-corrected chi connectivity index (χ3v) is 3.29. The van der Waals surface area contributed by atoms with Crippen LogP contribution in [0.2, 0.25) is 0 Å². The van der Waals surface area contributed by atoms with Crippen LogP contribution in [-0.4, -0.2) is 6.04 Å². The maximum absolute atomic E-state index is 3.57. The van der Waals surface area contributed by atoms with Gasteiger partial charge < -0.3 is 5.32 Å². The summed E-state index contributed by atoms with van der Waals surface area (Å²) in [6.45, 7) is 7.94. The molecule has 0 radical (unpaired) electrons. The molecule has 0 fully saturated rings. The molecule has 1 aliphatic heterocycles. The molecule has 1 aromatic rings. The van der Waals surface area contributed by atoms with Crippen molar-refractivity contribution in [1.82, 2.24) is 5.32 Å². The summed E-state index contributed by atoms with van der Waals surface area (Å²) in [6.07, 6.45) is 0. The standard InChI is InChI=1S/C13H19N/c1-9(2)13-10(3)14-8-11-6-4-5-7-12(11)13/h4-7,9-10,13-14H,8H2,1-3H3. The van der Waals surface area contributed by atoms with Crippen LogP contribution in [0.5, 0.6) is 0 Å². The number of benzene rings is 1. The number of fused-ring (bicyclic) bond motifs is 1. The first kappa shape index (κ1) is 9.72. The van der Waals surface area contributed by atoms with Crippen LogP contribution in [0.4, 0.5) is 0 Å². The predicted molar refractivity (Wildman–Crippen MR) is 60.3 cm³/mol. The smallest absolute Gasteiger partial charge is 0.0211 e. The third kappa shape index (κ3) is 1.57. The summed E-state index contributed by atoms with van der Waals surface area (Å²) in [6, 6.07) is 9.42. The fourth-order valence-electron chi connectivity index (χ4n) is 2.62. The molecule has 2 rings (SSSR count). The zero-order valence-corrected chi connectivity index (χ0v) is 9.25. The van der Waals surface area contributed by atoms with Crippen molar-refractivity contribution in [2.75, 3.05) is 0 Å².